The Labute approximate surface area is 127 Å². The molecule has 2 atom stereocenters. The summed E-state index contributed by atoms with van der Waals surface area (Å²) in [7, 11) is 0. The second-order valence-electron chi connectivity index (χ2n) is 6.68. The number of hydrogen-bond donors (Lipinski definition) is 1. The first kappa shape index (κ1) is 15.7. The van der Waals surface area contributed by atoms with E-state index < -0.39 is 5.60 Å². The number of anilines is 1. The van der Waals surface area contributed by atoms with Crippen LogP contribution in [0.15, 0.2) is 30.3 Å². The Morgan fingerprint density at radius 3 is 2.62 bits per heavy atom. The van der Waals surface area contributed by atoms with Gasteiger partial charge in [0.1, 0.15) is 5.60 Å². The number of ether oxygens (including phenoxy) is 1. The van der Waals surface area contributed by atoms with Crippen LogP contribution in [0.2, 0.25) is 0 Å². The largest absolute Gasteiger partial charge is 0.444 e. The summed E-state index contributed by atoms with van der Waals surface area (Å²) in [5.41, 5.74) is 0.640. The first-order valence-electron chi connectivity index (χ1n) is 7.68. The van der Waals surface area contributed by atoms with Gasteiger partial charge in [-0.1, -0.05) is 18.2 Å². The molecule has 116 valence electrons. The molecule has 1 heterocycles. The molecule has 0 spiro atoms. The lowest BCUT2D eigenvalue weighted by atomic mass is 10.1. The molecule has 1 aromatic rings. The van der Waals surface area contributed by atoms with E-state index in [1.807, 2.05) is 56.0 Å². The standard InChI is InChI=1S/C17H26N2O2/c1-13(18-14-9-6-5-7-10-14)15-11-8-12-19(15)16(20)21-17(2,3)4/h5-7,9-10,13,15,18H,8,11-12H2,1-4H3/t13-,15-/m1/s1. The summed E-state index contributed by atoms with van der Waals surface area (Å²) in [6.07, 6.45) is 1.84. The van der Waals surface area contributed by atoms with Crippen molar-refractivity contribution in [3.63, 3.8) is 0 Å². The average Bonchev–Trinajstić information content (AvgIpc) is 2.87. The Bertz CT molecular complexity index is 467. The third-order valence-corrected chi connectivity index (χ3v) is 3.67. The number of carbonyl (C=O) groups excluding carboxylic acids is 1. The number of para-hydroxylation sites is 1. The quantitative estimate of drug-likeness (QED) is 0.918. The maximum Gasteiger partial charge on any atom is 0.410 e. The fraction of sp³-hybridized carbons (Fsp3) is 0.588. The van der Waals surface area contributed by atoms with E-state index in [0.717, 1.165) is 25.1 Å². The monoisotopic (exact) mass is 290 g/mol. The van der Waals surface area contributed by atoms with Crippen LogP contribution in [-0.2, 0) is 4.74 Å². The zero-order valence-corrected chi connectivity index (χ0v) is 13.4. The van der Waals surface area contributed by atoms with E-state index in [1.165, 1.54) is 0 Å². The van der Waals surface area contributed by atoms with Crippen molar-refractivity contribution < 1.29 is 9.53 Å². The van der Waals surface area contributed by atoms with Crippen LogP contribution in [0.1, 0.15) is 40.5 Å². The van der Waals surface area contributed by atoms with Crippen LogP contribution < -0.4 is 5.32 Å². The van der Waals surface area contributed by atoms with Gasteiger partial charge in [0.05, 0.1) is 6.04 Å². The fourth-order valence-corrected chi connectivity index (χ4v) is 2.75. The lowest BCUT2D eigenvalue weighted by molar-refractivity contribution is 0.0216. The number of rotatable bonds is 3. The first-order chi connectivity index (χ1) is 9.87. The lowest BCUT2D eigenvalue weighted by Gasteiger charge is -2.32. The maximum absolute atomic E-state index is 12.3. The van der Waals surface area contributed by atoms with Crippen LogP contribution >= 0.6 is 0 Å². The van der Waals surface area contributed by atoms with Gasteiger partial charge in [0.2, 0.25) is 0 Å². The second kappa shape index (κ2) is 6.37. The molecule has 1 N–H and O–H groups in total. The van der Waals surface area contributed by atoms with Gasteiger partial charge in [0.15, 0.2) is 0 Å². The minimum atomic E-state index is -0.444. The molecule has 1 amide bonds. The third kappa shape index (κ3) is 4.38. The van der Waals surface area contributed by atoms with Crippen LogP contribution in [0.3, 0.4) is 0 Å². The zero-order valence-electron chi connectivity index (χ0n) is 13.4. The Morgan fingerprint density at radius 2 is 2.00 bits per heavy atom. The van der Waals surface area contributed by atoms with Crippen molar-refractivity contribution in [1.82, 2.24) is 4.90 Å². The normalized spacial score (nSPS) is 20.2. The highest BCUT2D eigenvalue weighted by atomic mass is 16.6. The Hall–Kier alpha value is -1.71. The van der Waals surface area contributed by atoms with Crippen molar-refractivity contribution in [3.05, 3.63) is 30.3 Å². The molecular formula is C17H26N2O2. The number of likely N-dealkylation sites (tertiary alicyclic amines) is 1. The van der Waals surface area contributed by atoms with E-state index in [2.05, 4.69) is 12.2 Å². The van der Waals surface area contributed by atoms with Crippen LogP contribution in [0.5, 0.6) is 0 Å². The molecule has 0 aromatic heterocycles. The van der Waals surface area contributed by atoms with Gasteiger partial charge in [-0.05, 0) is 52.7 Å². The minimum Gasteiger partial charge on any atom is -0.444 e. The predicted octanol–water partition coefficient (Wildman–Crippen LogP) is 3.89. The molecule has 1 aromatic carbocycles. The van der Waals surface area contributed by atoms with Crippen LogP contribution in [0.25, 0.3) is 0 Å². The van der Waals surface area contributed by atoms with E-state index in [-0.39, 0.29) is 18.2 Å². The van der Waals surface area contributed by atoms with Gasteiger partial charge in [-0.25, -0.2) is 4.79 Å². The second-order valence-corrected chi connectivity index (χ2v) is 6.68. The Morgan fingerprint density at radius 1 is 1.33 bits per heavy atom. The number of carbonyl (C=O) groups is 1. The van der Waals surface area contributed by atoms with Gasteiger partial charge < -0.3 is 15.0 Å². The van der Waals surface area contributed by atoms with E-state index in [9.17, 15) is 4.79 Å². The summed E-state index contributed by atoms with van der Waals surface area (Å²) in [5.74, 6) is 0. The Kier molecular flexibility index (Phi) is 4.76. The summed E-state index contributed by atoms with van der Waals surface area (Å²) in [6, 6.07) is 10.5. The number of hydrogen-bond acceptors (Lipinski definition) is 3. The van der Waals surface area contributed by atoms with Gasteiger partial charge in [0, 0.05) is 18.3 Å². The van der Waals surface area contributed by atoms with Crippen molar-refractivity contribution in [2.24, 2.45) is 0 Å². The molecule has 4 nitrogen and oxygen atoms in total. The lowest BCUT2D eigenvalue weighted by Crippen LogP contribution is -2.46. The molecule has 1 fully saturated rings. The van der Waals surface area contributed by atoms with Crippen molar-refractivity contribution in [1.29, 1.82) is 0 Å². The molecule has 0 unspecified atom stereocenters. The van der Waals surface area contributed by atoms with Gasteiger partial charge in [-0.2, -0.15) is 0 Å². The molecule has 0 radical (unpaired) electrons. The fourth-order valence-electron chi connectivity index (χ4n) is 2.75. The van der Waals surface area contributed by atoms with Crippen molar-refractivity contribution in [2.75, 3.05) is 11.9 Å². The van der Waals surface area contributed by atoms with Crippen molar-refractivity contribution in [2.45, 2.75) is 58.2 Å². The molecule has 21 heavy (non-hydrogen) atoms. The molecule has 0 bridgehead atoms. The third-order valence-electron chi connectivity index (χ3n) is 3.67. The van der Waals surface area contributed by atoms with Crippen molar-refractivity contribution in [3.8, 4) is 0 Å². The molecule has 1 saturated heterocycles. The Balaban J connectivity index is 1.99. The molecule has 0 aliphatic carbocycles. The summed E-state index contributed by atoms with van der Waals surface area (Å²) >= 11 is 0. The molecule has 4 heteroatoms. The topological polar surface area (TPSA) is 41.6 Å². The van der Waals surface area contributed by atoms with Gasteiger partial charge in [-0.15, -0.1) is 0 Å². The highest BCUT2D eigenvalue weighted by molar-refractivity contribution is 5.69. The van der Waals surface area contributed by atoms with Gasteiger partial charge in [-0.3, -0.25) is 0 Å². The molecule has 1 aliphatic rings. The van der Waals surface area contributed by atoms with Crippen LogP contribution in [0.4, 0.5) is 10.5 Å². The maximum atomic E-state index is 12.3. The summed E-state index contributed by atoms with van der Waals surface area (Å²) in [6.45, 7) is 8.62. The zero-order chi connectivity index (χ0) is 15.5. The van der Waals surface area contributed by atoms with Crippen molar-refractivity contribution >= 4 is 11.8 Å². The predicted molar refractivity (Wildman–Crippen MR) is 85.5 cm³/mol. The summed E-state index contributed by atoms with van der Waals surface area (Å²) in [5, 5.41) is 3.48. The van der Waals surface area contributed by atoms with E-state index in [4.69, 9.17) is 4.74 Å². The van der Waals surface area contributed by atoms with E-state index in [0.29, 0.717) is 0 Å². The number of nitrogens with zero attached hydrogens (tertiary/aromatic N) is 1. The smallest absolute Gasteiger partial charge is 0.410 e. The number of nitrogens with one attached hydrogen (secondary N) is 1. The number of benzene rings is 1. The van der Waals surface area contributed by atoms with Crippen LogP contribution in [-0.4, -0.2) is 35.2 Å². The first-order valence-corrected chi connectivity index (χ1v) is 7.68. The van der Waals surface area contributed by atoms with E-state index >= 15 is 0 Å². The summed E-state index contributed by atoms with van der Waals surface area (Å²) < 4.78 is 5.51. The van der Waals surface area contributed by atoms with Crippen LogP contribution in [0, 0.1) is 0 Å². The highest BCUT2D eigenvalue weighted by Gasteiger charge is 2.35. The average molecular weight is 290 g/mol. The van der Waals surface area contributed by atoms with E-state index in [1.54, 1.807) is 0 Å². The molecule has 2 rings (SSSR count). The highest BCUT2D eigenvalue weighted by Crippen LogP contribution is 2.24. The van der Waals surface area contributed by atoms with Gasteiger partial charge in [0.25, 0.3) is 0 Å². The summed E-state index contributed by atoms with van der Waals surface area (Å²) in [4.78, 5) is 14.2. The molecule has 0 saturated carbocycles. The number of amides is 1. The molecular weight excluding hydrogens is 264 g/mol. The molecule has 1 aliphatic heterocycles. The SMILES string of the molecule is C[C@@H](Nc1ccccc1)[C@H]1CCCN1C(=O)OC(C)(C)C. The van der Waals surface area contributed by atoms with Gasteiger partial charge >= 0.3 is 6.09 Å². The minimum absolute atomic E-state index is 0.181.